The fourth-order valence-electron chi connectivity index (χ4n) is 3.17. The lowest BCUT2D eigenvalue weighted by molar-refractivity contribution is -0.120. The van der Waals surface area contributed by atoms with E-state index in [2.05, 4.69) is 25.4 Å². The second-order valence-electron chi connectivity index (χ2n) is 6.26. The third-order valence-electron chi connectivity index (χ3n) is 4.40. The van der Waals surface area contributed by atoms with E-state index < -0.39 is 6.09 Å². The van der Waals surface area contributed by atoms with Gasteiger partial charge in [0.2, 0.25) is 5.91 Å². The molecule has 0 bridgehead atoms. The molecule has 1 aliphatic carbocycles. The number of ether oxygens (including phenoxy) is 1. The number of rotatable bonds is 10. The minimum atomic E-state index is -0.490. The summed E-state index contributed by atoms with van der Waals surface area (Å²) in [4.78, 5) is 22.9. The first-order valence-electron chi connectivity index (χ1n) is 9.30. The van der Waals surface area contributed by atoms with Crippen LogP contribution >= 0.6 is 11.8 Å². The molecule has 0 saturated heterocycles. The molecule has 1 aliphatic rings. The Balaban J connectivity index is 1.69. The van der Waals surface area contributed by atoms with Crippen LogP contribution in [-0.4, -0.2) is 52.7 Å². The number of alkyl carbamates (subject to hydrolysis) is 1. The SMILES string of the molecule is CCOC(=O)NCCC(=O)NCCCc1nnc(SC)n1C1CCCC1. The largest absolute Gasteiger partial charge is 0.450 e. The zero-order valence-corrected chi connectivity index (χ0v) is 16.4. The van der Waals surface area contributed by atoms with Crippen molar-refractivity contribution in [3.05, 3.63) is 5.82 Å². The molecule has 1 heterocycles. The van der Waals surface area contributed by atoms with Crippen molar-refractivity contribution in [2.45, 2.75) is 63.1 Å². The van der Waals surface area contributed by atoms with Crippen molar-refractivity contribution < 1.29 is 14.3 Å². The number of nitrogens with one attached hydrogen (secondary N) is 2. The van der Waals surface area contributed by atoms with Crippen LogP contribution in [0.5, 0.6) is 0 Å². The van der Waals surface area contributed by atoms with Crippen molar-refractivity contribution in [1.29, 1.82) is 0 Å². The van der Waals surface area contributed by atoms with E-state index in [-0.39, 0.29) is 18.9 Å². The summed E-state index contributed by atoms with van der Waals surface area (Å²) in [6.45, 7) is 2.92. The molecule has 0 radical (unpaired) electrons. The van der Waals surface area contributed by atoms with E-state index in [1.54, 1.807) is 18.7 Å². The van der Waals surface area contributed by atoms with Crippen molar-refractivity contribution in [3.8, 4) is 0 Å². The Hall–Kier alpha value is -1.77. The molecule has 0 unspecified atom stereocenters. The average molecular weight is 384 g/mol. The van der Waals surface area contributed by atoms with Crippen LogP contribution in [0.4, 0.5) is 4.79 Å². The molecule has 0 aliphatic heterocycles. The lowest BCUT2D eigenvalue weighted by Gasteiger charge is -2.16. The lowest BCUT2D eigenvalue weighted by Crippen LogP contribution is -2.31. The highest BCUT2D eigenvalue weighted by Crippen LogP contribution is 2.33. The molecule has 1 aromatic heterocycles. The average Bonchev–Trinajstić information content (AvgIpc) is 3.27. The van der Waals surface area contributed by atoms with Gasteiger partial charge in [-0.15, -0.1) is 10.2 Å². The van der Waals surface area contributed by atoms with Crippen LogP contribution in [0.3, 0.4) is 0 Å². The van der Waals surface area contributed by atoms with Gasteiger partial charge < -0.3 is 19.9 Å². The maximum atomic E-state index is 11.8. The van der Waals surface area contributed by atoms with Crippen LogP contribution in [0, 0.1) is 0 Å². The summed E-state index contributed by atoms with van der Waals surface area (Å²) >= 11 is 1.64. The summed E-state index contributed by atoms with van der Waals surface area (Å²) in [5.74, 6) is 0.934. The Kier molecular flexibility index (Phi) is 8.73. The van der Waals surface area contributed by atoms with Crippen LogP contribution < -0.4 is 10.6 Å². The zero-order valence-electron chi connectivity index (χ0n) is 15.6. The molecule has 0 aromatic carbocycles. The second-order valence-corrected chi connectivity index (χ2v) is 7.04. The Bertz CT molecular complexity index is 587. The van der Waals surface area contributed by atoms with Crippen molar-refractivity contribution >= 4 is 23.8 Å². The van der Waals surface area contributed by atoms with E-state index in [1.165, 1.54) is 25.7 Å². The van der Waals surface area contributed by atoms with Crippen LogP contribution in [0.25, 0.3) is 0 Å². The van der Waals surface area contributed by atoms with Gasteiger partial charge in [0, 0.05) is 32.0 Å². The van der Waals surface area contributed by atoms with E-state index in [0.29, 0.717) is 19.2 Å². The van der Waals surface area contributed by atoms with Gasteiger partial charge in [-0.25, -0.2) is 4.79 Å². The van der Waals surface area contributed by atoms with E-state index in [0.717, 1.165) is 23.8 Å². The Morgan fingerprint density at radius 1 is 1.23 bits per heavy atom. The number of aryl methyl sites for hydroxylation is 1. The molecule has 2 amide bonds. The van der Waals surface area contributed by atoms with Gasteiger partial charge in [-0.2, -0.15) is 0 Å². The predicted molar refractivity (Wildman–Crippen MR) is 100 cm³/mol. The van der Waals surface area contributed by atoms with Gasteiger partial charge in [-0.1, -0.05) is 24.6 Å². The summed E-state index contributed by atoms with van der Waals surface area (Å²) in [6, 6.07) is 0.519. The molecule has 1 aromatic rings. The molecule has 26 heavy (non-hydrogen) atoms. The summed E-state index contributed by atoms with van der Waals surface area (Å²) in [5.41, 5.74) is 0. The van der Waals surface area contributed by atoms with E-state index >= 15 is 0 Å². The van der Waals surface area contributed by atoms with Gasteiger partial charge in [0.25, 0.3) is 0 Å². The fraction of sp³-hybridized carbons (Fsp3) is 0.765. The van der Waals surface area contributed by atoms with Crippen molar-refractivity contribution in [3.63, 3.8) is 0 Å². The molecule has 8 nitrogen and oxygen atoms in total. The quantitative estimate of drug-likeness (QED) is 0.475. The molecule has 0 atom stereocenters. The van der Waals surface area contributed by atoms with Gasteiger partial charge in [0.05, 0.1) is 6.61 Å². The standard InChI is InChI=1S/C17H29N5O3S/c1-3-25-17(24)19-12-10-15(23)18-11-6-9-14-20-21-16(26-2)22(14)13-7-4-5-8-13/h13H,3-12H2,1-2H3,(H,18,23)(H,19,24). The van der Waals surface area contributed by atoms with E-state index in [9.17, 15) is 9.59 Å². The summed E-state index contributed by atoms with van der Waals surface area (Å²) in [5, 5.41) is 15.0. The first-order chi connectivity index (χ1) is 12.7. The minimum absolute atomic E-state index is 0.0798. The first kappa shape index (κ1) is 20.5. The molecule has 1 fully saturated rings. The smallest absolute Gasteiger partial charge is 0.407 e. The highest BCUT2D eigenvalue weighted by Gasteiger charge is 2.23. The number of hydrogen-bond acceptors (Lipinski definition) is 6. The van der Waals surface area contributed by atoms with Gasteiger partial charge in [-0.3, -0.25) is 4.79 Å². The van der Waals surface area contributed by atoms with Crippen molar-refractivity contribution in [2.24, 2.45) is 0 Å². The molecular formula is C17H29N5O3S. The van der Waals surface area contributed by atoms with Gasteiger partial charge in [-0.05, 0) is 32.4 Å². The van der Waals surface area contributed by atoms with Crippen LogP contribution in [0.2, 0.25) is 0 Å². The van der Waals surface area contributed by atoms with Crippen molar-refractivity contribution in [1.82, 2.24) is 25.4 Å². The fourth-order valence-corrected chi connectivity index (χ4v) is 3.74. The van der Waals surface area contributed by atoms with Crippen LogP contribution in [-0.2, 0) is 16.0 Å². The normalized spacial score (nSPS) is 14.4. The highest BCUT2D eigenvalue weighted by atomic mass is 32.2. The first-order valence-corrected chi connectivity index (χ1v) is 10.5. The number of carbonyl (C=O) groups is 2. The molecule has 1 saturated carbocycles. The number of thioether (sulfide) groups is 1. The molecule has 9 heteroatoms. The number of carbonyl (C=O) groups excluding carboxylic acids is 2. The van der Waals surface area contributed by atoms with E-state index in [4.69, 9.17) is 4.74 Å². The predicted octanol–water partition coefficient (Wildman–Crippen LogP) is 2.30. The maximum absolute atomic E-state index is 11.8. The number of aromatic nitrogens is 3. The molecule has 146 valence electrons. The molecular weight excluding hydrogens is 354 g/mol. The molecule has 2 N–H and O–H groups in total. The number of amides is 2. The van der Waals surface area contributed by atoms with Gasteiger partial charge >= 0.3 is 6.09 Å². The number of nitrogens with zero attached hydrogens (tertiary/aromatic N) is 3. The molecule has 0 spiro atoms. The van der Waals surface area contributed by atoms with Gasteiger partial charge in [0.15, 0.2) is 5.16 Å². The van der Waals surface area contributed by atoms with Gasteiger partial charge in [0.1, 0.15) is 5.82 Å². The summed E-state index contributed by atoms with van der Waals surface area (Å²) in [6.07, 6.45) is 8.33. The maximum Gasteiger partial charge on any atom is 0.407 e. The highest BCUT2D eigenvalue weighted by molar-refractivity contribution is 7.98. The Labute approximate surface area is 158 Å². The number of hydrogen-bond donors (Lipinski definition) is 2. The minimum Gasteiger partial charge on any atom is -0.450 e. The zero-order chi connectivity index (χ0) is 18.8. The Morgan fingerprint density at radius 2 is 2.00 bits per heavy atom. The summed E-state index contributed by atoms with van der Waals surface area (Å²) < 4.78 is 7.03. The third kappa shape index (κ3) is 6.19. The third-order valence-corrected chi connectivity index (χ3v) is 5.05. The Morgan fingerprint density at radius 3 is 2.69 bits per heavy atom. The monoisotopic (exact) mass is 383 g/mol. The molecule has 2 rings (SSSR count). The topological polar surface area (TPSA) is 98.1 Å². The van der Waals surface area contributed by atoms with E-state index in [1.807, 2.05) is 6.26 Å². The second kappa shape index (κ2) is 11.1. The van der Waals surface area contributed by atoms with Crippen LogP contribution in [0.15, 0.2) is 5.16 Å². The summed E-state index contributed by atoms with van der Waals surface area (Å²) in [7, 11) is 0. The van der Waals surface area contributed by atoms with Crippen LogP contribution in [0.1, 0.15) is 57.3 Å². The lowest BCUT2D eigenvalue weighted by atomic mass is 10.2. The van der Waals surface area contributed by atoms with Crippen molar-refractivity contribution in [2.75, 3.05) is 26.0 Å².